The first-order chi connectivity index (χ1) is 19.3. The van der Waals surface area contributed by atoms with Crippen LogP contribution >= 0.6 is 0 Å². The number of hydrogen-bond donors (Lipinski definition) is 0. The minimum absolute atomic E-state index is 0.0835. The van der Waals surface area contributed by atoms with E-state index in [1.54, 1.807) is 4.90 Å². The van der Waals surface area contributed by atoms with Crippen LogP contribution in [0.25, 0.3) is 0 Å². The van der Waals surface area contributed by atoms with Gasteiger partial charge in [-0.1, -0.05) is 31.0 Å². The largest absolute Gasteiger partial charge is 0.492 e. The molecule has 3 aromatic carbocycles. The Bertz CT molecular complexity index is 1140. The Labute approximate surface area is 233 Å². The van der Waals surface area contributed by atoms with Crippen molar-refractivity contribution in [1.82, 2.24) is 9.80 Å². The monoisotopic (exact) mass is 527 g/mol. The molecule has 1 amide bonds. The van der Waals surface area contributed by atoms with E-state index in [1.807, 2.05) is 78.9 Å². The zero-order chi connectivity index (χ0) is 26.7. The fourth-order valence-electron chi connectivity index (χ4n) is 5.43. The third-order valence-corrected chi connectivity index (χ3v) is 7.66. The topological polar surface area (TPSA) is 45.3 Å². The number of likely N-dealkylation sites (tertiary alicyclic amines) is 2. The summed E-state index contributed by atoms with van der Waals surface area (Å²) in [5, 5.41) is 0. The second kappa shape index (κ2) is 14.2. The lowest BCUT2D eigenvalue weighted by molar-refractivity contribution is 0.0999. The average Bonchev–Trinajstić information content (AvgIpc) is 3.00. The Morgan fingerprint density at radius 3 is 1.56 bits per heavy atom. The van der Waals surface area contributed by atoms with Crippen LogP contribution in [0, 0.1) is 0 Å². The number of carbonyl (C=O) groups excluding carboxylic acids is 1. The Morgan fingerprint density at radius 1 is 0.590 bits per heavy atom. The molecule has 0 unspecified atom stereocenters. The molecule has 3 aromatic rings. The summed E-state index contributed by atoms with van der Waals surface area (Å²) >= 11 is 0. The van der Waals surface area contributed by atoms with Crippen LogP contribution in [0.1, 0.15) is 48.9 Å². The van der Waals surface area contributed by atoms with Crippen molar-refractivity contribution in [3.8, 4) is 11.5 Å². The van der Waals surface area contributed by atoms with Crippen molar-refractivity contribution >= 4 is 17.3 Å². The molecule has 0 atom stereocenters. The van der Waals surface area contributed by atoms with E-state index in [-0.39, 0.29) is 5.91 Å². The third kappa shape index (κ3) is 7.84. The van der Waals surface area contributed by atoms with Crippen LogP contribution in [0.4, 0.5) is 11.4 Å². The minimum Gasteiger partial charge on any atom is -0.492 e. The highest BCUT2D eigenvalue weighted by molar-refractivity contribution is 6.10. The number of anilines is 2. The summed E-state index contributed by atoms with van der Waals surface area (Å²) in [6.07, 6.45) is 7.81. The van der Waals surface area contributed by atoms with Crippen molar-refractivity contribution < 1.29 is 14.3 Å². The smallest absolute Gasteiger partial charge is 0.262 e. The molecule has 0 bridgehead atoms. The first-order valence-corrected chi connectivity index (χ1v) is 14.6. The van der Waals surface area contributed by atoms with Crippen molar-refractivity contribution in [3.05, 3.63) is 84.4 Å². The summed E-state index contributed by atoms with van der Waals surface area (Å²) in [6.45, 7) is 7.90. The zero-order valence-corrected chi connectivity index (χ0v) is 23.0. The number of piperidine rings is 2. The highest BCUT2D eigenvalue weighted by Gasteiger charge is 2.20. The van der Waals surface area contributed by atoms with Crippen LogP contribution in [-0.4, -0.2) is 68.2 Å². The van der Waals surface area contributed by atoms with E-state index in [4.69, 9.17) is 9.47 Å². The van der Waals surface area contributed by atoms with Gasteiger partial charge in [-0.15, -0.1) is 0 Å². The quantitative estimate of drug-likeness (QED) is 0.289. The second-order valence-electron chi connectivity index (χ2n) is 10.5. The van der Waals surface area contributed by atoms with Gasteiger partial charge in [0.1, 0.15) is 24.7 Å². The van der Waals surface area contributed by atoms with Gasteiger partial charge in [-0.3, -0.25) is 19.5 Å². The Kier molecular flexibility index (Phi) is 9.88. The molecule has 2 heterocycles. The van der Waals surface area contributed by atoms with Crippen molar-refractivity contribution in [2.75, 3.05) is 57.4 Å². The standard InChI is InChI=1S/C33H41N3O3/c37-33(28-12-16-31(17-13-28)38-26-24-34-20-6-2-7-21-34)36(29-10-4-1-5-11-29)30-14-18-32(19-15-30)39-27-25-35-22-8-3-9-23-35/h1,4-5,10-19H,2-3,6-9,20-27H2. The van der Waals surface area contributed by atoms with Crippen LogP contribution in [0.5, 0.6) is 11.5 Å². The average molecular weight is 528 g/mol. The van der Waals surface area contributed by atoms with Gasteiger partial charge in [0.05, 0.1) is 0 Å². The summed E-state index contributed by atoms with van der Waals surface area (Å²) < 4.78 is 12.0. The lowest BCUT2D eigenvalue weighted by atomic mass is 10.1. The van der Waals surface area contributed by atoms with Crippen LogP contribution < -0.4 is 14.4 Å². The van der Waals surface area contributed by atoms with E-state index in [0.717, 1.165) is 49.1 Å². The van der Waals surface area contributed by atoms with Crippen molar-refractivity contribution in [2.24, 2.45) is 0 Å². The predicted octanol–water partition coefficient (Wildman–Crippen LogP) is 6.39. The van der Waals surface area contributed by atoms with Gasteiger partial charge < -0.3 is 9.47 Å². The molecule has 206 valence electrons. The van der Waals surface area contributed by atoms with Crippen molar-refractivity contribution in [3.63, 3.8) is 0 Å². The molecule has 0 radical (unpaired) electrons. The Hall–Kier alpha value is -3.35. The van der Waals surface area contributed by atoms with Gasteiger partial charge in [-0.2, -0.15) is 0 Å². The first-order valence-electron chi connectivity index (χ1n) is 14.6. The van der Waals surface area contributed by atoms with Crippen molar-refractivity contribution in [2.45, 2.75) is 38.5 Å². The van der Waals surface area contributed by atoms with Gasteiger partial charge >= 0.3 is 0 Å². The number of benzene rings is 3. The van der Waals surface area contributed by atoms with Crippen LogP contribution in [0.3, 0.4) is 0 Å². The number of rotatable bonds is 11. The van der Waals surface area contributed by atoms with E-state index in [0.29, 0.717) is 18.8 Å². The molecule has 0 saturated carbocycles. The summed E-state index contributed by atoms with van der Waals surface area (Å²) in [4.78, 5) is 20.4. The van der Waals surface area contributed by atoms with Gasteiger partial charge in [-0.05, 0) is 113 Å². The fraction of sp³-hybridized carbons (Fsp3) is 0.424. The van der Waals surface area contributed by atoms with E-state index in [1.165, 1.54) is 51.6 Å². The number of ether oxygens (including phenoxy) is 2. The number of nitrogens with zero attached hydrogens (tertiary/aromatic N) is 3. The summed E-state index contributed by atoms with van der Waals surface area (Å²) in [7, 11) is 0. The van der Waals surface area contributed by atoms with E-state index >= 15 is 0 Å². The highest BCUT2D eigenvalue weighted by Crippen LogP contribution is 2.29. The molecule has 6 nitrogen and oxygen atoms in total. The molecule has 5 rings (SSSR count). The lowest BCUT2D eigenvalue weighted by Gasteiger charge is -2.26. The molecule has 0 aromatic heterocycles. The molecule has 6 heteroatoms. The zero-order valence-electron chi connectivity index (χ0n) is 23.0. The second-order valence-corrected chi connectivity index (χ2v) is 10.5. The van der Waals surface area contributed by atoms with E-state index in [2.05, 4.69) is 9.80 Å². The fourth-order valence-corrected chi connectivity index (χ4v) is 5.43. The molecule has 0 aliphatic carbocycles. The normalized spacial score (nSPS) is 16.5. The van der Waals surface area contributed by atoms with E-state index < -0.39 is 0 Å². The van der Waals surface area contributed by atoms with Crippen LogP contribution in [-0.2, 0) is 0 Å². The number of carbonyl (C=O) groups is 1. The minimum atomic E-state index is -0.0835. The lowest BCUT2D eigenvalue weighted by Crippen LogP contribution is -2.33. The van der Waals surface area contributed by atoms with Gasteiger partial charge in [0, 0.05) is 30.0 Å². The molecule has 2 aliphatic rings. The predicted molar refractivity (Wildman–Crippen MR) is 157 cm³/mol. The molecule has 39 heavy (non-hydrogen) atoms. The van der Waals surface area contributed by atoms with Crippen molar-refractivity contribution in [1.29, 1.82) is 0 Å². The maximum Gasteiger partial charge on any atom is 0.262 e. The molecule has 0 spiro atoms. The Balaban J connectivity index is 1.21. The number of para-hydroxylation sites is 1. The molecule has 2 aliphatic heterocycles. The maximum atomic E-state index is 13.8. The van der Waals surface area contributed by atoms with Gasteiger partial charge in [0.2, 0.25) is 0 Å². The van der Waals surface area contributed by atoms with Gasteiger partial charge in [0.15, 0.2) is 0 Å². The first kappa shape index (κ1) is 27.2. The molecule has 2 saturated heterocycles. The molecular weight excluding hydrogens is 486 g/mol. The van der Waals surface area contributed by atoms with E-state index in [9.17, 15) is 4.79 Å². The third-order valence-electron chi connectivity index (χ3n) is 7.66. The van der Waals surface area contributed by atoms with Gasteiger partial charge in [-0.25, -0.2) is 0 Å². The molecule has 2 fully saturated rings. The van der Waals surface area contributed by atoms with Crippen LogP contribution in [0.15, 0.2) is 78.9 Å². The maximum absolute atomic E-state index is 13.8. The molecular formula is C33H41N3O3. The summed E-state index contributed by atoms with van der Waals surface area (Å²) in [5.74, 6) is 1.53. The van der Waals surface area contributed by atoms with Gasteiger partial charge in [0.25, 0.3) is 5.91 Å². The Morgan fingerprint density at radius 2 is 1.05 bits per heavy atom. The van der Waals surface area contributed by atoms with Crippen LogP contribution in [0.2, 0.25) is 0 Å². The highest BCUT2D eigenvalue weighted by atomic mass is 16.5. The number of amides is 1. The SMILES string of the molecule is O=C(c1ccc(OCCN2CCCCC2)cc1)N(c1ccccc1)c1ccc(OCCN2CCCCC2)cc1. The summed E-state index contributed by atoms with van der Waals surface area (Å²) in [6, 6.07) is 25.1. The molecule has 0 N–H and O–H groups in total. The summed E-state index contributed by atoms with van der Waals surface area (Å²) in [5.41, 5.74) is 2.24. The number of hydrogen-bond acceptors (Lipinski definition) is 5.